The van der Waals surface area contributed by atoms with Crippen molar-refractivity contribution < 1.29 is 18.0 Å². The molecule has 84 valence electrons. The number of benzene rings is 1. The van der Waals surface area contributed by atoms with Crippen LogP contribution >= 0.6 is 0 Å². The Balaban J connectivity index is 2.73. The summed E-state index contributed by atoms with van der Waals surface area (Å²) in [6, 6.07) is 1.51. The van der Waals surface area contributed by atoms with Gasteiger partial charge in [0.1, 0.15) is 5.82 Å². The maximum Gasteiger partial charge on any atom is 0.185 e. The summed E-state index contributed by atoms with van der Waals surface area (Å²) in [7, 11) is 0. The van der Waals surface area contributed by atoms with Gasteiger partial charge in [0.25, 0.3) is 0 Å². The number of nitrogens with two attached hydrogens (primary N) is 1. The van der Waals surface area contributed by atoms with Gasteiger partial charge < -0.3 is 10.2 Å². The molecular weight excluding hydrogens is 216 g/mol. The molecule has 0 aliphatic rings. The molecule has 16 heavy (non-hydrogen) atoms. The summed E-state index contributed by atoms with van der Waals surface area (Å²) >= 11 is 0. The van der Waals surface area contributed by atoms with Crippen LogP contribution in [0.5, 0.6) is 0 Å². The first-order valence-electron chi connectivity index (χ1n) is 4.67. The number of hydrogen-bond acceptors (Lipinski definition) is 3. The Morgan fingerprint density at radius 3 is 2.81 bits per heavy atom. The first-order chi connectivity index (χ1) is 7.52. The average molecular weight is 225 g/mol. The molecule has 1 unspecified atom stereocenters. The summed E-state index contributed by atoms with van der Waals surface area (Å²) in [5.74, 6) is -2.70. The Labute approximate surface area is 89.8 Å². The van der Waals surface area contributed by atoms with E-state index >= 15 is 0 Å². The number of carbonyl (C=O) groups is 1. The fourth-order valence-electron chi connectivity index (χ4n) is 1.49. The van der Waals surface area contributed by atoms with E-state index in [2.05, 4.69) is 0 Å². The molecule has 2 aromatic rings. The van der Waals surface area contributed by atoms with Gasteiger partial charge >= 0.3 is 0 Å². The Kier molecular flexibility index (Phi) is 2.47. The molecule has 5 heteroatoms. The van der Waals surface area contributed by atoms with Crippen molar-refractivity contribution in [2.75, 3.05) is 0 Å². The highest BCUT2D eigenvalue weighted by atomic mass is 19.1. The number of Topliss-reactive ketones (excluding diaryl/α,β-unsaturated/α-hetero) is 1. The summed E-state index contributed by atoms with van der Waals surface area (Å²) in [5, 5.41) is 0.274. The molecule has 0 spiro atoms. The van der Waals surface area contributed by atoms with Gasteiger partial charge in [-0.25, -0.2) is 8.78 Å². The topological polar surface area (TPSA) is 56.2 Å². The van der Waals surface area contributed by atoms with Gasteiger partial charge in [0, 0.05) is 5.39 Å². The number of halogens is 2. The molecular formula is C11H9F2NO2. The van der Waals surface area contributed by atoms with Gasteiger partial charge in [-0.05, 0) is 19.1 Å². The lowest BCUT2D eigenvalue weighted by Crippen LogP contribution is -2.28. The van der Waals surface area contributed by atoms with Gasteiger partial charge in [-0.15, -0.1) is 0 Å². The van der Waals surface area contributed by atoms with E-state index in [1.807, 2.05) is 0 Å². The monoisotopic (exact) mass is 225 g/mol. The predicted octanol–water partition coefficient (Wildman–Crippen LogP) is 2.24. The third-order valence-electron chi connectivity index (χ3n) is 2.30. The largest absolute Gasteiger partial charge is 0.461 e. The minimum Gasteiger partial charge on any atom is -0.461 e. The quantitative estimate of drug-likeness (QED) is 0.797. The highest BCUT2D eigenvalue weighted by molar-refractivity contribution is 6.02. The molecule has 1 aromatic carbocycles. The van der Waals surface area contributed by atoms with E-state index < -0.39 is 29.0 Å². The molecule has 0 aliphatic carbocycles. The number of hydrogen-bond donors (Lipinski definition) is 1. The molecule has 1 heterocycles. The lowest BCUT2D eigenvalue weighted by molar-refractivity contribution is 0.0959. The smallest absolute Gasteiger partial charge is 0.185 e. The van der Waals surface area contributed by atoms with Crippen LogP contribution in [0.25, 0.3) is 11.0 Å². The minimum absolute atomic E-state index is 0.134. The van der Waals surface area contributed by atoms with Crippen LogP contribution in [-0.4, -0.2) is 11.8 Å². The zero-order chi connectivity index (χ0) is 11.9. The summed E-state index contributed by atoms with van der Waals surface area (Å²) in [5.41, 5.74) is 4.54. The number of rotatable bonds is 2. The van der Waals surface area contributed by atoms with Crippen molar-refractivity contribution in [2.45, 2.75) is 13.0 Å². The van der Waals surface area contributed by atoms with E-state index in [1.165, 1.54) is 19.3 Å². The van der Waals surface area contributed by atoms with Crippen LogP contribution in [0.3, 0.4) is 0 Å². The van der Waals surface area contributed by atoms with E-state index in [1.54, 1.807) is 0 Å². The summed E-state index contributed by atoms with van der Waals surface area (Å²) in [6.45, 7) is 1.37. The van der Waals surface area contributed by atoms with Gasteiger partial charge in [0.15, 0.2) is 17.2 Å². The van der Waals surface area contributed by atoms with E-state index in [0.717, 1.165) is 6.07 Å². The summed E-state index contributed by atoms with van der Waals surface area (Å²) in [4.78, 5) is 11.5. The molecule has 0 bridgehead atoms. The first-order valence-corrected chi connectivity index (χ1v) is 4.67. The van der Waals surface area contributed by atoms with Crippen LogP contribution < -0.4 is 5.73 Å². The standard InChI is InChI=1S/C11H9F2NO2/c1-5(14)10(15)8-7(12)4-6-2-3-16-11(6)9(8)13/h2-5H,14H2,1H3. The molecule has 2 N–H and O–H groups in total. The molecule has 0 amide bonds. The summed E-state index contributed by atoms with van der Waals surface area (Å²) < 4.78 is 32.1. The van der Waals surface area contributed by atoms with Crippen LogP contribution in [0.2, 0.25) is 0 Å². The predicted molar refractivity (Wildman–Crippen MR) is 54.1 cm³/mol. The average Bonchev–Trinajstić information content (AvgIpc) is 2.65. The lowest BCUT2D eigenvalue weighted by Gasteiger charge is -2.07. The van der Waals surface area contributed by atoms with Gasteiger partial charge in [-0.2, -0.15) is 0 Å². The second-order valence-corrected chi connectivity index (χ2v) is 3.54. The van der Waals surface area contributed by atoms with Crippen LogP contribution in [0.15, 0.2) is 22.8 Å². The van der Waals surface area contributed by atoms with E-state index in [0.29, 0.717) is 0 Å². The lowest BCUT2D eigenvalue weighted by atomic mass is 10.0. The molecule has 0 aliphatic heterocycles. The van der Waals surface area contributed by atoms with Crippen molar-refractivity contribution >= 4 is 16.8 Å². The molecule has 1 atom stereocenters. The van der Waals surface area contributed by atoms with Crippen molar-refractivity contribution in [3.8, 4) is 0 Å². The Morgan fingerprint density at radius 2 is 2.19 bits per heavy atom. The molecule has 0 saturated heterocycles. The van der Waals surface area contributed by atoms with Crippen molar-refractivity contribution in [1.29, 1.82) is 0 Å². The maximum atomic E-state index is 13.8. The summed E-state index contributed by atoms with van der Waals surface area (Å²) in [6.07, 6.45) is 1.23. The number of fused-ring (bicyclic) bond motifs is 1. The van der Waals surface area contributed by atoms with Crippen molar-refractivity contribution in [1.82, 2.24) is 0 Å². The van der Waals surface area contributed by atoms with Crippen LogP contribution in [-0.2, 0) is 0 Å². The molecule has 0 radical (unpaired) electrons. The van der Waals surface area contributed by atoms with Crippen LogP contribution in [0, 0.1) is 11.6 Å². The fourth-order valence-corrected chi connectivity index (χ4v) is 1.49. The molecule has 0 fully saturated rings. The minimum atomic E-state index is -0.998. The fraction of sp³-hybridized carbons (Fsp3) is 0.182. The van der Waals surface area contributed by atoms with Crippen LogP contribution in [0.4, 0.5) is 8.78 Å². The zero-order valence-corrected chi connectivity index (χ0v) is 8.46. The molecule has 0 saturated carbocycles. The van der Waals surface area contributed by atoms with Crippen LogP contribution in [0.1, 0.15) is 17.3 Å². The second kappa shape index (κ2) is 3.68. The Morgan fingerprint density at radius 1 is 1.50 bits per heavy atom. The van der Waals surface area contributed by atoms with Crippen molar-refractivity contribution in [3.63, 3.8) is 0 Å². The third-order valence-corrected chi connectivity index (χ3v) is 2.30. The number of carbonyl (C=O) groups excluding carboxylic acids is 1. The molecule has 1 aromatic heterocycles. The maximum absolute atomic E-state index is 13.8. The van der Waals surface area contributed by atoms with E-state index in [4.69, 9.17) is 10.2 Å². The normalized spacial score (nSPS) is 13.0. The Hall–Kier alpha value is -1.75. The Bertz CT molecular complexity index is 560. The highest BCUT2D eigenvalue weighted by Gasteiger charge is 2.24. The number of furan rings is 1. The van der Waals surface area contributed by atoms with Gasteiger partial charge in [0.05, 0.1) is 17.9 Å². The second-order valence-electron chi connectivity index (χ2n) is 3.54. The highest BCUT2D eigenvalue weighted by Crippen LogP contribution is 2.25. The van der Waals surface area contributed by atoms with Gasteiger partial charge in [0.2, 0.25) is 0 Å². The van der Waals surface area contributed by atoms with Gasteiger partial charge in [-0.3, -0.25) is 4.79 Å². The third kappa shape index (κ3) is 1.49. The van der Waals surface area contributed by atoms with Crippen molar-refractivity contribution in [3.05, 3.63) is 35.6 Å². The number of ketones is 1. The molecule has 2 rings (SSSR count). The SMILES string of the molecule is CC(N)C(=O)c1c(F)cc2ccoc2c1F. The zero-order valence-electron chi connectivity index (χ0n) is 8.46. The van der Waals surface area contributed by atoms with E-state index in [-0.39, 0.29) is 11.0 Å². The molecule has 3 nitrogen and oxygen atoms in total. The van der Waals surface area contributed by atoms with Crippen molar-refractivity contribution in [2.24, 2.45) is 5.73 Å². The van der Waals surface area contributed by atoms with E-state index in [9.17, 15) is 13.6 Å². The van der Waals surface area contributed by atoms with Gasteiger partial charge in [-0.1, -0.05) is 0 Å². The first kappa shape index (κ1) is 10.8.